The van der Waals surface area contributed by atoms with Crippen molar-refractivity contribution in [1.82, 2.24) is 9.88 Å². The number of aromatic nitrogens is 1. The Morgan fingerprint density at radius 2 is 1.85 bits per heavy atom. The number of rotatable bonds is 5. The third-order valence-corrected chi connectivity index (χ3v) is 6.36. The van der Waals surface area contributed by atoms with E-state index in [1.165, 1.54) is 41.0 Å². The van der Waals surface area contributed by atoms with Gasteiger partial charge in [-0.1, -0.05) is 31.0 Å². The second-order valence-electron chi connectivity index (χ2n) is 7.11. The molecule has 0 saturated heterocycles. The number of nitrogens with zero attached hydrogens (tertiary/aromatic N) is 2. The van der Waals surface area contributed by atoms with E-state index in [4.69, 9.17) is 14.5 Å². The van der Waals surface area contributed by atoms with Gasteiger partial charge in [-0.05, 0) is 42.7 Å². The lowest BCUT2D eigenvalue weighted by Gasteiger charge is -2.28. The Bertz CT molecular complexity index is 884. The zero-order valence-electron chi connectivity index (χ0n) is 14.7. The summed E-state index contributed by atoms with van der Waals surface area (Å²) >= 11 is 1.82. The van der Waals surface area contributed by atoms with Crippen molar-refractivity contribution in [3.8, 4) is 11.5 Å². The van der Waals surface area contributed by atoms with Gasteiger partial charge in [0.15, 0.2) is 11.5 Å². The van der Waals surface area contributed by atoms with Crippen molar-refractivity contribution in [3.63, 3.8) is 0 Å². The third-order valence-electron chi connectivity index (χ3n) is 5.34. The maximum Gasteiger partial charge on any atom is 0.231 e. The van der Waals surface area contributed by atoms with Crippen molar-refractivity contribution in [1.29, 1.82) is 0 Å². The summed E-state index contributed by atoms with van der Waals surface area (Å²) in [5.74, 6) is 1.72. The SMILES string of the molecule is c1ccc2sc(CN(Cc3ccc4c(c3)OCO4)C3CCCC3)nc2c1. The van der Waals surface area contributed by atoms with Crippen LogP contribution in [0.4, 0.5) is 0 Å². The maximum atomic E-state index is 5.55. The number of benzene rings is 2. The molecule has 2 aliphatic rings. The fourth-order valence-corrected chi connectivity index (χ4v) is 5.01. The zero-order chi connectivity index (χ0) is 17.3. The first-order chi connectivity index (χ1) is 12.8. The molecule has 0 bridgehead atoms. The molecule has 5 rings (SSSR count). The highest BCUT2D eigenvalue weighted by Crippen LogP contribution is 2.34. The lowest BCUT2D eigenvalue weighted by molar-refractivity contribution is 0.173. The molecule has 26 heavy (non-hydrogen) atoms. The van der Waals surface area contributed by atoms with Crippen molar-refractivity contribution in [2.45, 2.75) is 44.8 Å². The summed E-state index contributed by atoms with van der Waals surface area (Å²) in [5.41, 5.74) is 2.39. The summed E-state index contributed by atoms with van der Waals surface area (Å²) in [6.45, 7) is 2.17. The highest BCUT2D eigenvalue weighted by Gasteiger charge is 2.24. The van der Waals surface area contributed by atoms with Gasteiger partial charge in [0.2, 0.25) is 6.79 Å². The van der Waals surface area contributed by atoms with Gasteiger partial charge in [-0.25, -0.2) is 4.98 Å². The first-order valence-corrected chi connectivity index (χ1v) is 10.1. The van der Waals surface area contributed by atoms with Crippen molar-refractivity contribution in [2.24, 2.45) is 0 Å². The number of hydrogen-bond donors (Lipinski definition) is 0. The van der Waals surface area contributed by atoms with Crippen molar-refractivity contribution in [3.05, 3.63) is 53.0 Å². The fraction of sp³-hybridized carbons (Fsp3) is 0.381. The van der Waals surface area contributed by atoms with Gasteiger partial charge in [-0.2, -0.15) is 0 Å². The van der Waals surface area contributed by atoms with Gasteiger partial charge >= 0.3 is 0 Å². The van der Waals surface area contributed by atoms with E-state index in [9.17, 15) is 0 Å². The summed E-state index contributed by atoms with van der Waals surface area (Å²) in [5, 5.41) is 1.21. The van der Waals surface area contributed by atoms with Gasteiger partial charge in [-0.15, -0.1) is 11.3 Å². The molecule has 0 spiro atoms. The number of hydrogen-bond acceptors (Lipinski definition) is 5. The first kappa shape index (κ1) is 16.1. The lowest BCUT2D eigenvalue weighted by Crippen LogP contribution is -2.32. The van der Waals surface area contributed by atoms with Gasteiger partial charge in [0.05, 0.1) is 16.8 Å². The Balaban J connectivity index is 1.39. The molecule has 0 atom stereocenters. The van der Waals surface area contributed by atoms with Gasteiger partial charge in [0.25, 0.3) is 0 Å². The molecule has 1 aromatic heterocycles. The van der Waals surface area contributed by atoms with Crippen LogP contribution in [0.1, 0.15) is 36.3 Å². The molecule has 1 aliphatic heterocycles. The standard InChI is InChI=1S/C21H22N2O2S/c1-2-6-16(5-1)23(12-15-9-10-18-19(11-15)25-14-24-18)13-21-22-17-7-3-4-8-20(17)26-21/h3-4,7-11,16H,1-2,5-6,12-14H2. The summed E-state index contributed by atoms with van der Waals surface area (Å²) in [6, 6.07) is 15.4. The molecule has 134 valence electrons. The van der Waals surface area contributed by atoms with Crippen molar-refractivity contribution in [2.75, 3.05) is 6.79 Å². The molecule has 5 heteroatoms. The maximum absolute atomic E-state index is 5.55. The lowest BCUT2D eigenvalue weighted by atomic mass is 10.1. The van der Waals surface area contributed by atoms with Gasteiger partial charge in [0, 0.05) is 12.6 Å². The minimum atomic E-state index is 0.330. The monoisotopic (exact) mass is 366 g/mol. The van der Waals surface area contributed by atoms with Gasteiger partial charge in [-0.3, -0.25) is 4.90 Å². The first-order valence-electron chi connectivity index (χ1n) is 9.32. The minimum absolute atomic E-state index is 0.330. The van der Waals surface area contributed by atoms with Crippen LogP contribution in [0.2, 0.25) is 0 Å². The van der Waals surface area contributed by atoms with Crippen LogP contribution in [0.15, 0.2) is 42.5 Å². The molecule has 0 N–H and O–H groups in total. The van der Waals surface area contributed by atoms with E-state index >= 15 is 0 Å². The van der Waals surface area contributed by atoms with E-state index in [1.807, 2.05) is 17.4 Å². The molecule has 1 fully saturated rings. The van der Waals surface area contributed by atoms with Crippen molar-refractivity contribution < 1.29 is 9.47 Å². The van der Waals surface area contributed by atoms with E-state index in [-0.39, 0.29) is 0 Å². The van der Waals surface area contributed by atoms with Gasteiger partial charge in [0.1, 0.15) is 5.01 Å². The largest absolute Gasteiger partial charge is 0.454 e. The van der Waals surface area contributed by atoms with Crippen LogP contribution in [0.25, 0.3) is 10.2 Å². The van der Waals surface area contributed by atoms with Crippen LogP contribution in [-0.2, 0) is 13.1 Å². The molecule has 0 unspecified atom stereocenters. The molecule has 4 nitrogen and oxygen atoms in total. The number of thiazole rings is 1. The quantitative estimate of drug-likeness (QED) is 0.638. The second-order valence-corrected chi connectivity index (χ2v) is 8.22. The highest BCUT2D eigenvalue weighted by molar-refractivity contribution is 7.18. The van der Waals surface area contributed by atoms with Crippen molar-refractivity contribution >= 4 is 21.6 Å². The number of para-hydroxylation sites is 1. The average Bonchev–Trinajstić information content (AvgIpc) is 3.40. The Morgan fingerprint density at radius 3 is 2.73 bits per heavy atom. The van der Waals surface area contributed by atoms with Crippen LogP contribution >= 0.6 is 11.3 Å². The number of ether oxygens (including phenoxy) is 2. The molecule has 1 aliphatic carbocycles. The average molecular weight is 366 g/mol. The topological polar surface area (TPSA) is 34.6 Å². The Labute approximate surface area is 157 Å². The minimum Gasteiger partial charge on any atom is -0.454 e. The summed E-state index contributed by atoms with van der Waals surface area (Å²) in [4.78, 5) is 7.45. The van der Waals surface area contributed by atoms with Crippen LogP contribution in [0.3, 0.4) is 0 Å². The van der Waals surface area contributed by atoms with E-state index in [0.717, 1.165) is 30.1 Å². The summed E-state index contributed by atoms with van der Waals surface area (Å²) in [7, 11) is 0. The smallest absolute Gasteiger partial charge is 0.231 e. The zero-order valence-corrected chi connectivity index (χ0v) is 15.5. The van der Waals surface area contributed by atoms with Crippen LogP contribution in [-0.4, -0.2) is 22.7 Å². The fourth-order valence-electron chi connectivity index (χ4n) is 4.02. The normalized spacial score (nSPS) is 16.8. The predicted molar refractivity (Wildman–Crippen MR) is 104 cm³/mol. The van der Waals surface area contributed by atoms with E-state index in [0.29, 0.717) is 12.8 Å². The van der Waals surface area contributed by atoms with Gasteiger partial charge < -0.3 is 9.47 Å². The Kier molecular flexibility index (Phi) is 4.27. The second kappa shape index (κ2) is 6.89. The van der Waals surface area contributed by atoms with Crippen LogP contribution < -0.4 is 9.47 Å². The Hall–Kier alpha value is -2.11. The molecule has 0 radical (unpaired) electrons. The highest BCUT2D eigenvalue weighted by atomic mass is 32.1. The Morgan fingerprint density at radius 1 is 1.00 bits per heavy atom. The van der Waals surface area contributed by atoms with Crippen LogP contribution in [0, 0.1) is 0 Å². The molecule has 2 heterocycles. The molecular formula is C21H22N2O2S. The van der Waals surface area contributed by atoms with E-state index in [2.05, 4.69) is 41.3 Å². The molecule has 2 aromatic carbocycles. The van der Waals surface area contributed by atoms with Crippen LogP contribution in [0.5, 0.6) is 11.5 Å². The van der Waals surface area contributed by atoms with E-state index < -0.39 is 0 Å². The van der Waals surface area contributed by atoms with E-state index in [1.54, 1.807) is 0 Å². The molecule has 0 amide bonds. The molecule has 1 saturated carbocycles. The molecular weight excluding hydrogens is 344 g/mol. The molecule has 3 aromatic rings. The third kappa shape index (κ3) is 3.17. The summed E-state index contributed by atoms with van der Waals surface area (Å²) < 4.78 is 12.3. The number of fused-ring (bicyclic) bond motifs is 2. The summed E-state index contributed by atoms with van der Waals surface area (Å²) in [6.07, 6.45) is 5.25. The predicted octanol–water partition coefficient (Wildman–Crippen LogP) is 4.97.